The molecular formula is C11H14ClN5OS. The third kappa shape index (κ3) is 4.09. The lowest BCUT2D eigenvalue weighted by molar-refractivity contribution is 0.344. The van der Waals surface area contributed by atoms with Crippen molar-refractivity contribution < 1.29 is 4.74 Å². The molecule has 0 bridgehead atoms. The Morgan fingerprint density at radius 2 is 2.21 bits per heavy atom. The Hall–Kier alpha value is -1.31. The molecule has 6 nitrogen and oxygen atoms in total. The van der Waals surface area contributed by atoms with Crippen molar-refractivity contribution in [1.82, 2.24) is 20.2 Å². The molecule has 19 heavy (non-hydrogen) atoms. The van der Waals surface area contributed by atoms with Gasteiger partial charge in [-0.15, -0.1) is 5.10 Å². The minimum Gasteiger partial charge on any atom is -0.491 e. The van der Waals surface area contributed by atoms with Gasteiger partial charge in [-0.1, -0.05) is 35.5 Å². The number of nitrogens with zero attached hydrogens (tertiary/aromatic N) is 4. The van der Waals surface area contributed by atoms with Gasteiger partial charge in [-0.3, -0.25) is 0 Å². The average molecular weight is 300 g/mol. The van der Waals surface area contributed by atoms with E-state index < -0.39 is 0 Å². The molecule has 1 heterocycles. The molecule has 102 valence electrons. The van der Waals surface area contributed by atoms with Gasteiger partial charge >= 0.3 is 0 Å². The maximum atomic E-state index is 5.99. The quantitative estimate of drug-likeness (QED) is 0.616. The summed E-state index contributed by atoms with van der Waals surface area (Å²) in [6.45, 7) is 1.65. The Kier molecular flexibility index (Phi) is 5.44. The molecule has 0 spiro atoms. The lowest BCUT2D eigenvalue weighted by Crippen LogP contribution is -2.12. The third-order valence-corrected chi connectivity index (χ3v) is 3.48. The maximum absolute atomic E-state index is 5.99. The molecule has 2 aromatic rings. The fraction of sp³-hybridized carbons (Fsp3) is 0.364. The zero-order valence-electron chi connectivity index (χ0n) is 10.2. The van der Waals surface area contributed by atoms with Gasteiger partial charge in [-0.05, 0) is 22.6 Å². The summed E-state index contributed by atoms with van der Waals surface area (Å²) < 4.78 is 7.26. The molecule has 0 saturated heterocycles. The van der Waals surface area contributed by atoms with E-state index in [0.29, 0.717) is 30.5 Å². The van der Waals surface area contributed by atoms with Gasteiger partial charge in [0.15, 0.2) is 0 Å². The van der Waals surface area contributed by atoms with E-state index in [1.54, 1.807) is 10.7 Å². The normalized spacial score (nSPS) is 10.6. The van der Waals surface area contributed by atoms with Crippen molar-refractivity contribution in [3.05, 3.63) is 29.3 Å². The van der Waals surface area contributed by atoms with Crippen LogP contribution in [0.3, 0.4) is 0 Å². The lowest BCUT2D eigenvalue weighted by Gasteiger charge is -2.07. The predicted octanol–water partition coefficient (Wildman–Crippen LogP) is 1.46. The predicted molar refractivity (Wildman–Crippen MR) is 74.5 cm³/mol. The molecule has 1 aromatic carbocycles. The number of rotatable bonds is 7. The van der Waals surface area contributed by atoms with Crippen LogP contribution in [0.2, 0.25) is 5.02 Å². The van der Waals surface area contributed by atoms with Crippen molar-refractivity contribution in [2.75, 3.05) is 18.9 Å². The first-order valence-corrected chi connectivity index (χ1v) is 7.14. The zero-order chi connectivity index (χ0) is 13.5. The second-order valence-corrected chi connectivity index (χ2v) is 5.07. The van der Waals surface area contributed by atoms with Crippen LogP contribution in [0.15, 0.2) is 29.4 Å². The van der Waals surface area contributed by atoms with Crippen LogP contribution >= 0.6 is 23.4 Å². The van der Waals surface area contributed by atoms with Crippen molar-refractivity contribution in [1.29, 1.82) is 0 Å². The van der Waals surface area contributed by atoms with Crippen LogP contribution in [-0.2, 0) is 6.54 Å². The van der Waals surface area contributed by atoms with Crippen LogP contribution < -0.4 is 10.5 Å². The lowest BCUT2D eigenvalue weighted by atomic mass is 10.3. The summed E-state index contributed by atoms with van der Waals surface area (Å²) in [5.41, 5.74) is 5.47. The molecule has 0 fully saturated rings. The van der Waals surface area contributed by atoms with Gasteiger partial charge in [0.2, 0.25) is 5.16 Å². The highest BCUT2D eigenvalue weighted by atomic mass is 35.5. The standard InChI is InChI=1S/C11H14ClN5OS/c12-9-3-1-2-4-10(9)18-7-8-19-11-14-15-16-17(11)6-5-13/h1-4H,5-8,13H2. The van der Waals surface area contributed by atoms with Crippen molar-refractivity contribution in [2.45, 2.75) is 11.7 Å². The van der Waals surface area contributed by atoms with Crippen LogP contribution in [0.5, 0.6) is 5.75 Å². The monoisotopic (exact) mass is 299 g/mol. The van der Waals surface area contributed by atoms with Crippen molar-refractivity contribution in [3.63, 3.8) is 0 Å². The largest absolute Gasteiger partial charge is 0.491 e. The highest BCUT2D eigenvalue weighted by Gasteiger charge is 2.06. The molecule has 0 radical (unpaired) electrons. The summed E-state index contributed by atoms with van der Waals surface area (Å²) in [6, 6.07) is 7.39. The number of thioether (sulfide) groups is 1. The van der Waals surface area contributed by atoms with Crippen molar-refractivity contribution >= 4 is 23.4 Å². The van der Waals surface area contributed by atoms with Crippen LogP contribution in [0, 0.1) is 0 Å². The van der Waals surface area contributed by atoms with Gasteiger partial charge in [-0.2, -0.15) is 0 Å². The minimum atomic E-state index is 0.509. The van der Waals surface area contributed by atoms with Gasteiger partial charge in [0.25, 0.3) is 0 Å². The molecule has 0 aliphatic heterocycles. The molecule has 0 aliphatic carbocycles. The van der Waals surface area contributed by atoms with Crippen LogP contribution in [0.1, 0.15) is 0 Å². The van der Waals surface area contributed by atoms with Crippen LogP contribution in [0.25, 0.3) is 0 Å². The molecule has 0 saturated carbocycles. The van der Waals surface area contributed by atoms with E-state index in [1.807, 2.05) is 18.2 Å². The first-order valence-electron chi connectivity index (χ1n) is 5.77. The number of nitrogens with two attached hydrogens (primary N) is 1. The summed E-state index contributed by atoms with van der Waals surface area (Å²) in [6.07, 6.45) is 0. The smallest absolute Gasteiger partial charge is 0.209 e. The number of ether oxygens (including phenoxy) is 1. The van der Waals surface area contributed by atoms with Gasteiger partial charge in [0, 0.05) is 12.3 Å². The zero-order valence-corrected chi connectivity index (χ0v) is 11.8. The Bertz CT molecular complexity index is 521. The summed E-state index contributed by atoms with van der Waals surface area (Å²) in [5, 5.41) is 12.7. The molecule has 2 rings (SSSR count). The number of halogens is 1. The minimum absolute atomic E-state index is 0.509. The van der Waals surface area contributed by atoms with Gasteiger partial charge < -0.3 is 10.5 Å². The Labute approximate surface area is 120 Å². The Balaban J connectivity index is 1.78. The first kappa shape index (κ1) is 14.1. The topological polar surface area (TPSA) is 78.9 Å². The van der Waals surface area contributed by atoms with Gasteiger partial charge in [0.1, 0.15) is 5.75 Å². The van der Waals surface area contributed by atoms with Crippen molar-refractivity contribution in [2.24, 2.45) is 5.73 Å². The third-order valence-electron chi connectivity index (χ3n) is 2.25. The number of hydrogen-bond donors (Lipinski definition) is 1. The number of tetrazole rings is 1. The summed E-state index contributed by atoms with van der Waals surface area (Å²) in [5.74, 6) is 1.42. The molecule has 0 unspecified atom stereocenters. The summed E-state index contributed by atoms with van der Waals surface area (Å²) in [7, 11) is 0. The molecule has 0 aliphatic rings. The SMILES string of the molecule is NCCn1nnnc1SCCOc1ccccc1Cl. The highest BCUT2D eigenvalue weighted by molar-refractivity contribution is 7.99. The van der Waals surface area contributed by atoms with E-state index in [4.69, 9.17) is 22.1 Å². The molecule has 8 heteroatoms. The number of hydrogen-bond acceptors (Lipinski definition) is 6. The Morgan fingerprint density at radius 1 is 1.37 bits per heavy atom. The molecule has 1 aromatic heterocycles. The first-order chi connectivity index (χ1) is 9.31. The van der Waals surface area contributed by atoms with Gasteiger partial charge in [-0.25, -0.2) is 4.68 Å². The molecule has 2 N–H and O–H groups in total. The summed E-state index contributed by atoms with van der Waals surface area (Å²) >= 11 is 7.51. The molecular weight excluding hydrogens is 286 g/mol. The number of para-hydroxylation sites is 1. The second kappa shape index (κ2) is 7.32. The van der Waals surface area contributed by atoms with E-state index >= 15 is 0 Å². The van der Waals surface area contributed by atoms with E-state index in [2.05, 4.69) is 15.5 Å². The van der Waals surface area contributed by atoms with E-state index in [1.165, 1.54) is 11.8 Å². The van der Waals surface area contributed by atoms with Gasteiger partial charge in [0.05, 0.1) is 18.2 Å². The second-order valence-electron chi connectivity index (χ2n) is 3.60. The number of aromatic nitrogens is 4. The number of benzene rings is 1. The van der Waals surface area contributed by atoms with E-state index in [0.717, 1.165) is 10.9 Å². The fourth-order valence-electron chi connectivity index (χ4n) is 1.41. The molecule has 0 amide bonds. The van der Waals surface area contributed by atoms with Crippen LogP contribution in [-0.4, -0.2) is 39.1 Å². The Morgan fingerprint density at radius 3 is 3.00 bits per heavy atom. The van der Waals surface area contributed by atoms with E-state index in [9.17, 15) is 0 Å². The van der Waals surface area contributed by atoms with Crippen LogP contribution in [0.4, 0.5) is 0 Å². The van der Waals surface area contributed by atoms with Crippen molar-refractivity contribution in [3.8, 4) is 5.75 Å². The summed E-state index contributed by atoms with van der Waals surface area (Å²) in [4.78, 5) is 0. The highest BCUT2D eigenvalue weighted by Crippen LogP contribution is 2.23. The maximum Gasteiger partial charge on any atom is 0.209 e. The van der Waals surface area contributed by atoms with E-state index in [-0.39, 0.29) is 0 Å². The fourth-order valence-corrected chi connectivity index (χ4v) is 2.32. The average Bonchev–Trinajstić information content (AvgIpc) is 2.85. The molecule has 0 atom stereocenters.